The number of ketones is 1. The second-order valence-corrected chi connectivity index (χ2v) is 21.0. The molecule has 3 saturated heterocycles. The molecule has 3 fully saturated rings. The van der Waals surface area contributed by atoms with E-state index in [1.807, 2.05) is 6.92 Å². The van der Waals surface area contributed by atoms with Crippen molar-refractivity contribution in [2.45, 2.75) is 134 Å². The van der Waals surface area contributed by atoms with Crippen molar-refractivity contribution in [3.8, 4) is 0 Å². The van der Waals surface area contributed by atoms with Crippen LogP contribution >= 0.6 is 0 Å². The predicted octanol–water partition coefficient (Wildman–Crippen LogP) is -3.83. The molecule has 0 aromatic rings. The molecule has 3 rings (SSSR count). The van der Waals surface area contributed by atoms with E-state index in [-0.39, 0.29) is 169 Å². The maximum atomic E-state index is 12.6. The summed E-state index contributed by atoms with van der Waals surface area (Å²) in [6, 6.07) is 0. The molecule has 0 spiro atoms. The van der Waals surface area contributed by atoms with Crippen molar-refractivity contribution in [1.82, 2.24) is 10.6 Å². The fraction of sp³-hybridized carbons (Fsp3) is 0.944. The van der Waals surface area contributed by atoms with Crippen LogP contribution in [-0.2, 0) is 85.4 Å². The van der Waals surface area contributed by atoms with Gasteiger partial charge < -0.3 is 128 Å². The largest absolute Gasteiger partial charge is 0.394 e. The Morgan fingerprint density at radius 2 is 0.687 bits per heavy atom. The van der Waals surface area contributed by atoms with Gasteiger partial charge in [0.05, 0.1) is 170 Å². The summed E-state index contributed by atoms with van der Waals surface area (Å²) >= 11 is 0. The van der Waals surface area contributed by atoms with E-state index in [0.29, 0.717) is 32.7 Å². The number of rotatable bonds is 49. The Balaban J connectivity index is 1.26. The van der Waals surface area contributed by atoms with Gasteiger partial charge in [0.1, 0.15) is 42.4 Å². The molecule has 0 aromatic carbocycles. The molecule has 29 nitrogen and oxygen atoms in total. The van der Waals surface area contributed by atoms with Crippen molar-refractivity contribution in [1.29, 1.82) is 0 Å². The van der Waals surface area contributed by atoms with Crippen LogP contribution in [0.4, 0.5) is 0 Å². The topological polar surface area (TPSA) is 396 Å². The zero-order chi connectivity index (χ0) is 60.8. The molecule has 3 heterocycles. The van der Waals surface area contributed by atoms with Gasteiger partial charge in [-0.1, -0.05) is 27.7 Å². The number of carbonyl (C=O) groups excluding carboxylic acids is 3. The molecule has 29 heteroatoms. The van der Waals surface area contributed by atoms with Gasteiger partial charge in [-0.2, -0.15) is 0 Å². The number of amides is 2. The van der Waals surface area contributed by atoms with E-state index >= 15 is 0 Å². The zero-order valence-electron chi connectivity index (χ0n) is 49.0. The van der Waals surface area contributed by atoms with Gasteiger partial charge in [-0.05, 0) is 6.42 Å². The van der Waals surface area contributed by atoms with Crippen molar-refractivity contribution < 1.29 is 131 Å². The highest BCUT2D eigenvalue weighted by Crippen LogP contribution is 2.29. The molecular formula is C54H100N2O27. The normalized spacial score (nSPS) is 29.1. The molecule has 0 bridgehead atoms. The Kier molecular flexibility index (Phi) is 39.8. The number of nitrogens with one attached hydrogen (secondary N) is 2. The first-order chi connectivity index (χ1) is 40.0. The van der Waals surface area contributed by atoms with Crippen molar-refractivity contribution in [2.75, 3.05) is 172 Å². The standard InChI is InChI=1S/C54H100N2O27/c1-36-45(63)48(66)40(30-57)81-51(36)78-27-24-72-21-18-69-12-5-6-39(60)7-13-75-33-54(4,34-76-14-8-43(61)55-10-16-70-19-22-73-25-28-79-52-37(2)46(64)49(67)41(31-58)82-52)35-77-15-9-44(62)56-11-17-71-20-23-74-26-29-80-53-38(3)47(65)50(68)42(32-59)83-53/h36-38,40-42,45-53,57-59,63-68H,5-35H2,1-4H3,(H,55,61)(H,56,62). The van der Waals surface area contributed by atoms with E-state index in [1.165, 1.54) is 0 Å². The summed E-state index contributed by atoms with van der Waals surface area (Å²) in [5.41, 5.74) is -0.701. The Morgan fingerprint density at radius 3 is 1.02 bits per heavy atom. The Morgan fingerprint density at radius 1 is 0.386 bits per heavy atom. The van der Waals surface area contributed by atoms with Crippen LogP contribution in [0.2, 0.25) is 0 Å². The Hall–Kier alpha value is -2.35. The summed E-state index contributed by atoms with van der Waals surface area (Å²) in [5.74, 6) is -1.99. The Labute approximate surface area is 486 Å². The van der Waals surface area contributed by atoms with Gasteiger partial charge in [0.2, 0.25) is 11.8 Å². The van der Waals surface area contributed by atoms with Crippen LogP contribution in [-0.4, -0.2) is 309 Å². The zero-order valence-corrected chi connectivity index (χ0v) is 49.0. The van der Waals surface area contributed by atoms with E-state index in [9.17, 15) is 60.3 Å². The van der Waals surface area contributed by atoms with E-state index in [1.54, 1.807) is 20.8 Å². The van der Waals surface area contributed by atoms with Crippen molar-refractivity contribution in [2.24, 2.45) is 23.2 Å². The van der Waals surface area contributed by atoms with E-state index in [4.69, 9.17) is 71.1 Å². The third kappa shape index (κ3) is 29.9. The molecule has 0 aromatic heterocycles. The van der Waals surface area contributed by atoms with Gasteiger partial charge in [0.15, 0.2) is 18.9 Å². The number of hydrogen-bond donors (Lipinski definition) is 11. The van der Waals surface area contributed by atoms with Gasteiger partial charge in [0, 0.05) is 68.5 Å². The molecular weight excluding hydrogens is 1110 g/mol. The molecule has 15 unspecified atom stereocenters. The van der Waals surface area contributed by atoms with Gasteiger partial charge >= 0.3 is 0 Å². The van der Waals surface area contributed by atoms with Crippen molar-refractivity contribution in [3.63, 3.8) is 0 Å². The van der Waals surface area contributed by atoms with Gasteiger partial charge in [-0.15, -0.1) is 0 Å². The molecule has 0 aliphatic carbocycles. The molecule has 3 aliphatic heterocycles. The lowest BCUT2D eigenvalue weighted by Crippen LogP contribution is -2.55. The van der Waals surface area contributed by atoms with E-state index < -0.39 is 117 Å². The number of aliphatic hydroxyl groups is 9. The molecule has 0 radical (unpaired) electrons. The summed E-state index contributed by atoms with van der Waals surface area (Å²) in [6.07, 6.45) is -11.0. The summed E-state index contributed by atoms with van der Waals surface area (Å²) in [6.45, 7) is 10.6. The van der Waals surface area contributed by atoms with Gasteiger partial charge in [0.25, 0.3) is 0 Å². The predicted molar refractivity (Wildman–Crippen MR) is 288 cm³/mol. The number of aliphatic hydroxyl groups excluding tert-OH is 9. The second kappa shape index (κ2) is 44.1. The van der Waals surface area contributed by atoms with E-state index in [0.717, 1.165) is 0 Å². The maximum absolute atomic E-state index is 12.6. The van der Waals surface area contributed by atoms with Crippen LogP contribution in [0.25, 0.3) is 0 Å². The summed E-state index contributed by atoms with van der Waals surface area (Å²) in [5, 5.41) is 94.1. The second-order valence-electron chi connectivity index (χ2n) is 21.0. The molecule has 2 amide bonds. The van der Waals surface area contributed by atoms with Crippen LogP contribution in [0.15, 0.2) is 0 Å². The monoisotopic (exact) mass is 1210 g/mol. The number of Topliss-reactive ketones (excluding diaryl/α,β-unsaturated/α-hetero) is 1. The number of ether oxygens (including phenoxy) is 15. The number of hydrogen-bond acceptors (Lipinski definition) is 27. The first-order valence-electron chi connectivity index (χ1n) is 28.9. The first kappa shape index (κ1) is 74.9. The lowest BCUT2D eigenvalue weighted by Gasteiger charge is -2.40. The number of carbonyl (C=O) groups is 3. The van der Waals surface area contributed by atoms with Crippen molar-refractivity contribution >= 4 is 17.6 Å². The highest BCUT2D eigenvalue weighted by Gasteiger charge is 2.44. The minimum atomic E-state index is -1.20. The third-order valence-corrected chi connectivity index (χ3v) is 13.9. The highest BCUT2D eigenvalue weighted by molar-refractivity contribution is 5.78. The third-order valence-electron chi connectivity index (χ3n) is 13.9. The summed E-state index contributed by atoms with van der Waals surface area (Å²) < 4.78 is 84.4. The van der Waals surface area contributed by atoms with Crippen LogP contribution in [0, 0.1) is 23.2 Å². The van der Waals surface area contributed by atoms with Crippen LogP contribution in [0.5, 0.6) is 0 Å². The minimum absolute atomic E-state index is 0.00207. The Bertz CT molecular complexity index is 1490. The molecule has 15 atom stereocenters. The smallest absolute Gasteiger partial charge is 0.222 e. The van der Waals surface area contributed by atoms with Crippen LogP contribution in [0.1, 0.15) is 59.8 Å². The van der Waals surface area contributed by atoms with Crippen LogP contribution in [0.3, 0.4) is 0 Å². The minimum Gasteiger partial charge on any atom is -0.394 e. The lowest BCUT2D eigenvalue weighted by atomic mass is 9.92. The summed E-state index contributed by atoms with van der Waals surface area (Å²) in [4.78, 5) is 37.7. The highest BCUT2D eigenvalue weighted by atomic mass is 16.7. The molecule has 3 aliphatic rings. The first-order valence-corrected chi connectivity index (χ1v) is 28.9. The van der Waals surface area contributed by atoms with Crippen LogP contribution < -0.4 is 10.6 Å². The summed E-state index contributed by atoms with van der Waals surface area (Å²) in [7, 11) is 0. The molecule has 83 heavy (non-hydrogen) atoms. The average Bonchev–Trinajstić information content (AvgIpc) is 3.53. The molecule has 0 saturated carbocycles. The molecule has 488 valence electrons. The van der Waals surface area contributed by atoms with Gasteiger partial charge in [-0.25, -0.2) is 0 Å². The average molecular weight is 1210 g/mol. The SMILES string of the molecule is CC1C(OCCOCCOCCCC(=O)CCOCC(C)(COCCC(=O)NCCOCCOCCOC2OC(CO)C(O)C(O)C2C)COCCC(=O)NCCOCCOCCOC2OC(CO)C(O)C(O)C2C)OC(CO)C(O)C1O. The fourth-order valence-corrected chi connectivity index (χ4v) is 8.66. The van der Waals surface area contributed by atoms with Gasteiger partial charge in [-0.3, -0.25) is 14.4 Å². The maximum Gasteiger partial charge on any atom is 0.222 e. The molecule has 11 N–H and O–H groups in total. The van der Waals surface area contributed by atoms with E-state index in [2.05, 4.69) is 10.6 Å². The fourth-order valence-electron chi connectivity index (χ4n) is 8.66. The lowest BCUT2D eigenvalue weighted by molar-refractivity contribution is -0.284. The quantitative estimate of drug-likeness (QED) is 0.0260. The van der Waals surface area contributed by atoms with Crippen molar-refractivity contribution in [3.05, 3.63) is 0 Å².